The normalized spacial score (nSPS) is 10.5. The van der Waals surface area contributed by atoms with E-state index in [1.165, 1.54) is 24.1 Å². The Kier molecular flexibility index (Phi) is 4.75. The Morgan fingerprint density at radius 3 is 2.33 bits per heavy atom. The highest BCUT2D eigenvalue weighted by Crippen LogP contribution is 2.35. The van der Waals surface area contributed by atoms with Crippen LogP contribution in [0.4, 0.5) is 20.2 Å². The summed E-state index contributed by atoms with van der Waals surface area (Å²) in [5.41, 5.74) is 6.44. The molecule has 0 saturated heterocycles. The molecule has 0 spiro atoms. The third-order valence-corrected chi connectivity index (χ3v) is 3.29. The number of benzene rings is 2. The summed E-state index contributed by atoms with van der Waals surface area (Å²) < 4.78 is 33.7. The van der Waals surface area contributed by atoms with E-state index in [0.717, 1.165) is 0 Å². The monoisotopic (exact) mass is 292 g/mol. The lowest BCUT2D eigenvalue weighted by Gasteiger charge is -2.23. The highest BCUT2D eigenvalue weighted by Gasteiger charge is 2.18. The zero-order chi connectivity index (χ0) is 15.4. The van der Waals surface area contributed by atoms with Crippen LogP contribution in [0.25, 0.3) is 0 Å². The number of halogens is 2. The van der Waals surface area contributed by atoms with Crippen molar-refractivity contribution in [2.24, 2.45) is 5.73 Å². The van der Waals surface area contributed by atoms with Crippen molar-refractivity contribution < 1.29 is 13.5 Å². The number of hydrogen-bond donors (Lipinski definition) is 1. The van der Waals surface area contributed by atoms with E-state index in [4.69, 9.17) is 10.5 Å². The van der Waals surface area contributed by atoms with E-state index in [-0.39, 0.29) is 5.69 Å². The van der Waals surface area contributed by atoms with Gasteiger partial charge >= 0.3 is 0 Å². The molecule has 0 radical (unpaired) electrons. The number of ether oxygens (including phenoxy) is 1. The first-order chi connectivity index (χ1) is 10.1. The molecule has 0 heterocycles. The van der Waals surface area contributed by atoms with E-state index >= 15 is 0 Å². The molecule has 0 aliphatic heterocycles. The zero-order valence-corrected chi connectivity index (χ0v) is 12.1. The van der Waals surface area contributed by atoms with Crippen molar-refractivity contribution in [1.29, 1.82) is 0 Å². The fraction of sp³-hybridized carbons (Fsp3) is 0.250. The summed E-state index contributed by atoms with van der Waals surface area (Å²) in [5.74, 6) is -0.691. The summed E-state index contributed by atoms with van der Waals surface area (Å²) in [5, 5.41) is 0. The minimum atomic E-state index is -0.619. The van der Waals surface area contributed by atoms with E-state index in [0.29, 0.717) is 30.0 Å². The Morgan fingerprint density at radius 2 is 1.76 bits per heavy atom. The van der Waals surface area contributed by atoms with Crippen molar-refractivity contribution in [2.75, 3.05) is 25.6 Å². The topological polar surface area (TPSA) is 38.5 Å². The molecule has 2 aromatic rings. The van der Waals surface area contributed by atoms with Crippen LogP contribution in [0.3, 0.4) is 0 Å². The molecule has 2 N–H and O–H groups in total. The van der Waals surface area contributed by atoms with Crippen LogP contribution in [0, 0.1) is 11.6 Å². The molecule has 2 rings (SSSR count). The lowest BCUT2D eigenvalue weighted by atomic mass is 10.1. The quantitative estimate of drug-likeness (QED) is 0.919. The number of rotatable bonds is 5. The Hall–Kier alpha value is -2.14. The SMILES string of the molecule is COc1ccccc1N(C)c1c(F)cc(CCN)cc1F. The molecule has 0 aliphatic carbocycles. The molecule has 0 amide bonds. The summed E-state index contributed by atoms with van der Waals surface area (Å²) in [6, 6.07) is 9.70. The first-order valence-corrected chi connectivity index (χ1v) is 6.63. The van der Waals surface area contributed by atoms with Crippen LogP contribution >= 0.6 is 0 Å². The summed E-state index contributed by atoms with van der Waals surface area (Å²) >= 11 is 0. The van der Waals surface area contributed by atoms with Crippen LogP contribution < -0.4 is 15.4 Å². The van der Waals surface area contributed by atoms with E-state index in [1.54, 1.807) is 31.3 Å². The third-order valence-electron chi connectivity index (χ3n) is 3.29. The largest absolute Gasteiger partial charge is 0.495 e. The van der Waals surface area contributed by atoms with Crippen LogP contribution in [-0.2, 0) is 6.42 Å². The van der Waals surface area contributed by atoms with E-state index in [1.807, 2.05) is 0 Å². The van der Waals surface area contributed by atoms with Crippen molar-refractivity contribution >= 4 is 11.4 Å². The van der Waals surface area contributed by atoms with Crippen molar-refractivity contribution in [3.8, 4) is 5.75 Å². The van der Waals surface area contributed by atoms with Gasteiger partial charge in [0.1, 0.15) is 23.1 Å². The van der Waals surface area contributed by atoms with Crippen molar-refractivity contribution in [3.05, 3.63) is 53.6 Å². The van der Waals surface area contributed by atoms with Gasteiger partial charge in [0.2, 0.25) is 0 Å². The van der Waals surface area contributed by atoms with Crippen molar-refractivity contribution in [2.45, 2.75) is 6.42 Å². The molecule has 5 heteroatoms. The summed E-state index contributed by atoms with van der Waals surface area (Å²) in [4.78, 5) is 1.44. The van der Waals surface area contributed by atoms with Crippen molar-refractivity contribution in [1.82, 2.24) is 0 Å². The minimum Gasteiger partial charge on any atom is -0.495 e. The van der Waals surface area contributed by atoms with Gasteiger partial charge in [-0.25, -0.2) is 8.78 Å². The van der Waals surface area contributed by atoms with Crippen LogP contribution in [0.2, 0.25) is 0 Å². The molecule has 21 heavy (non-hydrogen) atoms. The highest BCUT2D eigenvalue weighted by molar-refractivity contribution is 5.69. The van der Waals surface area contributed by atoms with Crippen LogP contribution in [0.5, 0.6) is 5.75 Å². The number of anilines is 2. The van der Waals surface area contributed by atoms with E-state index in [9.17, 15) is 8.78 Å². The van der Waals surface area contributed by atoms with Gasteiger partial charge in [-0.05, 0) is 42.8 Å². The Balaban J connectivity index is 2.46. The van der Waals surface area contributed by atoms with Crippen molar-refractivity contribution in [3.63, 3.8) is 0 Å². The first-order valence-electron chi connectivity index (χ1n) is 6.63. The maximum absolute atomic E-state index is 14.2. The number of methoxy groups -OCH3 is 1. The molecule has 0 aromatic heterocycles. The molecular formula is C16H18F2N2O. The first kappa shape index (κ1) is 15.3. The molecular weight excluding hydrogens is 274 g/mol. The van der Waals surface area contributed by atoms with E-state index < -0.39 is 11.6 Å². The lowest BCUT2D eigenvalue weighted by Crippen LogP contribution is -2.15. The molecule has 0 atom stereocenters. The molecule has 0 bridgehead atoms. The van der Waals surface area contributed by atoms with Gasteiger partial charge in [0.25, 0.3) is 0 Å². The number of nitrogens with zero attached hydrogens (tertiary/aromatic N) is 1. The maximum atomic E-state index is 14.2. The molecule has 0 unspecified atom stereocenters. The standard InChI is InChI=1S/C16H18F2N2O/c1-20(14-5-3-4-6-15(14)21-2)16-12(17)9-11(7-8-19)10-13(16)18/h3-6,9-10H,7-8,19H2,1-2H3. The van der Waals surface area contributed by atoms with Gasteiger partial charge in [-0.2, -0.15) is 0 Å². The van der Waals surface area contributed by atoms with Gasteiger partial charge in [0, 0.05) is 7.05 Å². The smallest absolute Gasteiger partial charge is 0.150 e. The van der Waals surface area contributed by atoms with Crippen LogP contribution in [-0.4, -0.2) is 20.7 Å². The second kappa shape index (κ2) is 6.54. The molecule has 3 nitrogen and oxygen atoms in total. The molecule has 112 valence electrons. The molecule has 0 aliphatic rings. The average Bonchev–Trinajstić information content (AvgIpc) is 2.46. The molecule has 0 saturated carbocycles. The summed E-state index contributed by atoms with van der Waals surface area (Å²) in [6.07, 6.45) is 0.437. The Morgan fingerprint density at radius 1 is 1.14 bits per heavy atom. The molecule has 2 aromatic carbocycles. The number of nitrogens with two attached hydrogens (primary N) is 1. The van der Waals surface area contributed by atoms with E-state index in [2.05, 4.69) is 0 Å². The van der Waals surface area contributed by atoms with Gasteiger partial charge in [-0.1, -0.05) is 12.1 Å². The predicted molar refractivity (Wildman–Crippen MR) is 80.2 cm³/mol. The van der Waals surface area contributed by atoms with Crippen LogP contribution in [0.1, 0.15) is 5.56 Å². The summed E-state index contributed by atoms with van der Waals surface area (Å²) in [7, 11) is 3.12. The fourth-order valence-corrected chi connectivity index (χ4v) is 2.28. The number of para-hydroxylation sites is 2. The van der Waals surface area contributed by atoms with Crippen LogP contribution in [0.15, 0.2) is 36.4 Å². The van der Waals surface area contributed by atoms with Gasteiger partial charge in [-0.3, -0.25) is 0 Å². The predicted octanol–water partition coefficient (Wildman–Crippen LogP) is 3.24. The average molecular weight is 292 g/mol. The Bertz CT molecular complexity index is 608. The highest BCUT2D eigenvalue weighted by atomic mass is 19.1. The maximum Gasteiger partial charge on any atom is 0.150 e. The van der Waals surface area contributed by atoms with Gasteiger partial charge < -0.3 is 15.4 Å². The number of hydrogen-bond acceptors (Lipinski definition) is 3. The fourth-order valence-electron chi connectivity index (χ4n) is 2.28. The van der Waals surface area contributed by atoms with Gasteiger partial charge in [0.15, 0.2) is 0 Å². The molecule has 0 fully saturated rings. The second-order valence-electron chi connectivity index (χ2n) is 4.68. The second-order valence-corrected chi connectivity index (χ2v) is 4.68. The third kappa shape index (κ3) is 3.13. The summed E-state index contributed by atoms with van der Waals surface area (Å²) in [6.45, 7) is 0.348. The van der Waals surface area contributed by atoms with Gasteiger partial charge in [0.05, 0.1) is 12.8 Å². The van der Waals surface area contributed by atoms with Gasteiger partial charge in [-0.15, -0.1) is 0 Å². The zero-order valence-electron chi connectivity index (χ0n) is 12.1. The minimum absolute atomic E-state index is 0.111. The Labute approximate surface area is 122 Å². The lowest BCUT2D eigenvalue weighted by molar-refractivity contribution is 0.415.